The predicted molar refractivity (Wildman–Crippen MR) is 84.5 cm³/mol. The maximum Gasteiger partial charge on any atom is 0.181 e. The molecule has 0 spiro atoms. The third-order valence-electron chi connectivity index (χ3n) is 3.76. The molecule has 0 bridgehead atoms. The first-order valence-electron chi connectivity index (χ1n) is 7.33. The van der Waals surface area contributed by atoms with Crippen molar-refractivity contribution in [2.45, 2.75) is 30.7 Å². The van der Waals surface area contributed by atoms with Gasteiger partial charge in [0.05, 0.1) is 22.3 Å². The Kier molecular flexibility index (Phi) is 6.05. The Labute approximate surface area is 131 Å². The summed E-state index contributed by atoms with van der Waals surface area (Å²) < 4.78 is 30.6. The van der Waals surface area contributed by atoms with Crippen LogP contribution in [0.5, 0.6) is 0 Å². The fourth-order valence-electron chi connectivity index (χ4n) is 2.58. The summed E-state index contributed by atoms with van der Waals surface area (Å²) in [5.41, 5.74) is 0. The summed E-state index contributed by atoms with van der Waals surface area (Å²) in [6.07, 6.45) is 1.87. The number of nitrogens with one attached hydrogen (secondary N) is 1. The Morgan fingerprint density at radius 2 is 2.19 bits per heavy atom. The zero-order chi connectivity index (χ0) is 15.3. The highest BCUT2D eigenvalue weighted by atomic mass is 35.5. The smallest absolute Gasteiger partial charge is 0.181 e. The summed E-state index contributed by atoms with van der Waals surface area (Å²) in [5.74, 6) is 0.305. The van der Waals surface area contributed by atoms with Crippen LogP contribution in [0.4, 0.5) is 0 Å². The van der Waals surface area contributed by atoms with Crippen LogP contribution in [0.25, 0.3) is 0 Å². The van der Waals surface area contributed by atoms with Gasteiger partial charge in [0.25, 0.3) is 0 Å². The summed E-state index contributed by atoms with van der Waals surface area (Å²) in [4.78, 5) is 0.217. The molecule has 1 fully saturated rings. The number of ether oxygens (including phenoxy) is 1. The zero-order valence-electron chi connectivity index (χ0n) is 12.2. The molecule has 0 radical (unpaired) electrons. The normalized spacial score (nSPS) is 20.6. The number of hydrogen-bond donors (Lipinski definition) is 1. The van der Waals surface area contributed by atoms with Crippen LogP contribution in [0.3, 0.4) is 0 Å². The lowest BCUT2D eigenvalue weighted by atomic mass is 10.0. The molecular formula is C15H22ClNO3S. The number of hydrogen-bond acceptors (Lipinski definition) is 4. The van der Waals surface area contributed by atoms with Gasteiger partial charge in [-0.3, -0.25) is 0 Å². The minimum atomic E-state index is -3.41. The van der Waals surface area contributed by atoms with Crippen LogP contribution in [-0.2, 0) is 14.6 Å². The molecule has 0 amide bonds. The number of sulfone groups is 1. The minimum absolute atomic E-state index is 0.0603. The van der Waals surface area contributed by atoms with Crippen molar-refractivity contribution in [1.29, 1.82) is 0 Å². The molecule has 1 N–H and O–H groups in total. The molecule has 0 saturated carbocycles. The van der Waals surface area contributed by atoms with Gasteiger partial charge < -0.3 is 10.1 Å². The minimum Gasteiger partial charge on any atom is -0.381 e. The fraction of sp³-hybridized carbons (Fsp3) is 0.600. The second-order valence-electron chi connectivity index (χ2n) is 5.40. The van der Waals surface area contributed by atoms with Gasteiger partial charge in [0.1, 0.15) is 0 Å². The van der Waals surface area contributed by atoms with Gasteiger partial charge in [-0.25, -0.2) is 8.42 Å². The lowest BCUT2D eigenvalue weighted by Crippen LogP contribution is -2.42. The van der Waals surface area contributed by atoms with E-state index >= 15 is 0 Å². The van der Waals surface area contributed by atoms with Crippen molar-refractivity contribution < 1.29 is 13.2 Å². The molecule has 6 heteroatoms. The predicted octanol–water partition coefficient (Wildman–Crippen LogP) is 2.52. The van der Waals surface area contributed by atoms with E-state index in [-0.39, 0.29) is 27.6 Å². The van der Waals surface area contributed by atoms with E-state index in [2.05, 4.69) is 12.2 Å². The maximum atomic E-state index is 12.6. The van der Waals surface area contributed by atoms with Crippen molar-refractivity contribution in [2.75, 3.05) is 25.5 Å². The monoisotopic (exact) mass is 331 g/mol. The summed E-state index contributed by atoms with van der Waals surface area (Å²) in [6.45, 7) is 4.21. The molecule has 0 aliphatic carbocycles. The van der Waals surface area contributed by atoms with E-state index in [1.54, 1.807) is 24.3 Å². The highest BCUT2D eigenvalue weighted by molar-refractivity contribution is 7.91. The fourth-order valence-corrected chi connectivity index (χ4v) is 4.77. The summed E-state index contributed by atoms with van der Waals surface area (Å²) in [7, 11) is -3.41. The highest BCUT2D eigenvalue weighted by Crippen LogP contribution is 2.25. The van der Waals surface area contributed by atoms with Gasteiger partial charge in [0.2, 0.25) is 0 Å². The lowest BCUT2D eigenvalue weighted by Gasteiger charge is -2.23. The van der Waals surface area contributed by atoms with Gasteiger partial charge in [0.15, 0.2) is 9.84 Å². The van der Waals surface area contributed by atoms with Gasteiger partial charge in [-0.2, -0.15) is 0 Å². The molecular weight excluding hydrogens is 310 g/mol. The topological polar surface area (TPSA) is 55.4 Å². The van der Waals surface area contributed by atoms with Gasteiger partial charge >= 0.3 is 0 Å². The molecule has 1 aliphatic rings. The molecule has 2 atom stereocenters. The Morgan fingerprint density at radius 1 is 1.43 bits per heavy atom. The molecule has 1 aromatic rings. The van der Waals surface area contributed by atoms with E-state index < -0.39 is 9.84 Å². The van der Waals surface area contributed by atoms with E-state index in [1.807, 2.05) is 0 Å². The first kappa shape index (κ1) is 16.7. The van der Waals surface area contributed by atoms with Crippen molar-refractivity contribution in [3.8, 4) is 0 Å². The number of halogens is 1. The Hall–Kier alpha value is -0.620. The summed E-state index contributed by atoms with van der Waals surface area (Å²) in [5, 5.41) is 3.64. The van der Waals surface area contributed by atoms with Crippen LogP contribution in [0.2, 0.25) is 5.02 Å². The zero-order valence-corrected chi connectivity index (χ0v) is 13.8. The maximum absolute atomic E-state index is 12.6. The van der Waals surface area contributed by atoms with Crippen LogP contribution < -0.4 is 5.32 Å². The van der Waals surface area contributed by atoms with Crippen LogP contribution in [0.1, 0.15) is 19.8 Å². The van der Waals surface area contributed by atoms with E-state index in [1.165, 1.54) is 0 Å². The van der Waals surface area contributed by atoms with Crippen molar-refractivity contribution in [1.82, 2.24) is 5.32 Å². The van der Waals surface area contributed by atoms with Crippen LogP contribution in [0.15, 0.2) is 29.2 Å². The van der Waals surface area contributed by atoms with Crippen LogP contribution >= 0.6 is 11.6 Å². The lowest BCUT2D eigenvalue weighted by molar-refractivity contribution is 0.178. The summed E-state index contributed by atoms with van der Waals surface area (Å²) in [6, 6.07) is 6.53. The molecule has 1 heterocycles. The first-order chi connectivity index (χ1) is 10.0. The van der Waals surface area contributed by atoms with E-state index in [4.69, 9.17) is 16.3 Å². The van der Waals surface area contributed by atoms with Gasteiger partial charge in [-0.05, 0) is 31.5 Å². The van der Waals surface area contributed by atoms with Gasteiger partial charge in [0, 0.05) is 18.6 Å². The van der Waals surface area contributed by atoms with Gasteiger partial charge in [-0.15, -0.1) is 0 Å². The molecule has 1 saturated heterocycles. The van der Waals surface area contributed by atoms with Crippen LogP contribution in [-0.4, -0.2) is 40.0 Å². The Morgan fingerprint density at radius 3 is 2.81 bits per heavy atom. The SMILES string of the molecule is CCCNC(CS(=O)(=O)c1ccccc1Cl)C1CCOC1. The third-order valence-corrected chi connectivity index (χ3v) is 6.03. The highest BCUT2D eigenvalue weighted by Gasteiger charge is 2.31. The molecule has 118 valence electrons. The third kappa shape index (κ3) is 4.42. The largest absolute Gasteiger partial charge is 0.381 e. The molecule has 4 nitrogen and oxygen atoms in total. The average molecular weight is 332 g/mol. The molecule has 2 rings (SSSR count). The molecule has 1 aromatic carbocycles. The first-order valence-corrected chi connectivity index (χ1v) is 9.36. The van der Waals surface area contributed by atoms with Crippen molar-refractivity contribution >= 4 is 21.4 Å². The Bertz CT molecular complexity index is 556. The number of benzene rings is 1. The molecule has 0 aromatic heterocycles. The van der Waals surface area contributed by atoms with Crippen molar-refractivity contribution in [3.05, 3.63) is 29.3 Å². The second kappa shape index (κ2) is 7.58. The van der Waals surface area contributed by atoms with Crippen molar-refractivity contribution in [3.63, 3.8) is 0 Å². The molecule has 2 unspecified atom stereocenters. The molecule has 1 aliphatic heterocycles. The van der Waals surface area contributed by atoms with Gasteiger partial charge in [-0.1, -0.05) is 30.7 Å². The van der Waals surface area contributed by atoms with E-state index in [0.717, 1.165) is 19.4 Å². The average Bonchev–Trinajstić information content (AvgIpc) is 2.97. The standard InChI is InChI=1S/C15H22ClNO3S/c1-2-8-17-14(12-7-9-20-10-12)11-21(18,19)15-6-4-3-5-13(15)16/h3-6,12,14,17H,2,7-11H2,1H3. The summed E-state index contributed by atoms with van der Waals surface area (Å²) >= 11 is 6.03. The van der Waals surface area contributed by atoms with Crippen LogP contribution in [0, 0.1) is 5.92 Å². The quantitative estimate of drug-likeness (QED) is 0.834. The number of rotatable bonds is 7. The van der Waals surface area contributed by atoms with E-state index in [0.29, 0.717) is 13.2 Å². The second-order valence-corrected chi connectivity index (χ2v) is 7.81. The Balaban J connectivity index is 2.16. The molecule has 21 heavy (non-hydrogen) atoms. The van der Waals surface area contributed by atoms with Crippen molar-refractivity contribution in [2.24, 2.45) is 5.92 Å². The van der Waals surface area contributed by atoms with E-state index in [9.17, 15) is 8.42 Å².